The van der Waals surface area contributed by atoms with E-state index in [-0.39, 0.29) is 18.2 Å². The first-order valence-electron chi connectivity index (χ1n) is 5.53. The maximum Gasteiger partial charge on any atom is 0.326 e. The molecule has 1 unspecified atom stereocenters. The number of amides is 1. The van der Waals surface area contributed by atoms with Gasteiger partial charge in [0.1, 0.15) is 6.04 Å². The Kier molecular flexibility index (Phi) is 5.15. The number of rotatable bonds is 6. The average Bonchev–Trinajstić information content (AvgIpc) is 2.68. The van der Waals surface area contributed by atoms with E-state index in [4.69, 9.17) is 5.11 Å². The second-order valence-corrected chi connectivity index (χ2v) is 5.38. The average molecular weight is 255 g/mol. The topological polar surface area (TPSA) is 66.4 Å². The molecule has 0 spiro atoms. The molecule has 5 heteroatoms. The lowest BCUT2D eigenvalue weighted by Crippen LogP contribution is -2.42. The van der Waals surface area contributed by atoms with Gasteiger partial charge in [0, 0.05) is 4.88 Å². The van der Waals surface area contributed by atoms with E-state index < -0.39 is 12.0 Å². The summed E-state index contributed by atoms with van der Waals surface area (Å²) in [5.74, 6) is -0.975. The molecular weight excluding hydrogens is 238 g/mol. The summed E-state index contributed by atoms with van der Waals surface area (Å²) in [6.45, 7) is 3.86. The van der Waals surface area contributed by atoms with Crippen LogP contribution < -0.4 is 5.32 Å². The maximum atomic E-state index is 11.6. The van der Waals surface area contributed by atoms with Crippen LogP contribution in [0.3, 0.4) is 0 Å². The monoisotopic (exact) mass is 255 g/mol. The SMILES string of the molecule is CC(C)CC(NC(=O)Cc1cccs1)C(=O)O. The van der Waals surface area contributed by atoms with Crippen LogP contribution in [-0.4, -0.2) is 23.0 Å². The summed E-state index contributed by atoms with van der Waals surface area (Å²) in [5, 5.41) is 13.4. The molecule has 0 aromatic carbocycles. The molecule has 0 saturated heterocycles. The third-order valence-corrected chi connectivity index (χ3v) is 3.13. The van der Waals surface area contributed by atoms with Crippen molar-refractivity contribution in [3.63, 3.8) is 0 Å². The third-order valence-electron chi connectivity index (χ3n) is 2.26. The first-order valence-corrected chi connectivity index (χ1v) is 6.41. The zero-order chi connectivity index (χ0) is 12.8. The van der Waals surface area contributed by atoms with Crippen LogP contribution >= 0.6 is 11.3 Å². The van der Waals surface area contributed by atoms with E-state index in [1.165, 1.54) is 11.3 Å². The summed E-state index contributed by atoms with van der Waals surface area (Å²) in [4.78, 5) is 23.5. The minimum absolute atomic E-state index is 0.234. The predicted octanol–water partition coefficient (Wildman–Crippen LogP) is 1.91. The largest absolute Gasteiger partial charge is 0.480 e. The Morgan fingerprint density at radius 2 is 2.18 bits per heavy atom. The molecule has 1 aromatic rings. The highest BCUT2D eigenvalue weighted by molar-refractivity contribution is 7.10. The number of hydrogen-bond acceptors (Lipinski definition) is 3. The van der Waals surface area contributed by atoms with Crippen molar-refractivity contribution in [2.24, 2.45) is 5.92 Å². The molecule has 1 amide bonds. The van der Waals surface area contributed by atoms with Crippen molar-refractivity contribution in [2.75, 3.05) is 0 Å². The van der Waals surface area contributed by atoms with Crippen LogP contribution in [-0.2, 0) is 16.0 Å². The summed E-state index contributed by atoms with van der Waals surface area (Å²) in [6, 6.07) is 2.95. The zero-order valence-corrected chi connectivity index (χ0v) is 10.8. The van der Waals surface area contributed by atoms with Crippen LogP contribution in [0.5, 0.6) is 0 Å². The Morgan fingerprint density at radius 1 is 1.47 bits per heavy atom. The van der Waals surface area contributed by atoms with Crippen LogP contribution in [0.2, 0.25) is 0 Å². The number of carbonyl (C=O) groups is 2. The molecule has 94 valence electrons. The number of hydrogen-bond donors (Lipinski definition) is 2. The Labute approximate surface area is 105 Å². The van der Waals surface area contributed by atoms with Crippen molar-refractivity contribution in [3.8, 4) is 0 Å². The fraction of sp³-hybridized carbons (Fsp3) is 0.500. The van der Waals surface area contributed by atoms with Crippen LogP contribution in [0.25, 0.3) is 0 Å². The van der Waals surface area contributed by atoms with Crippen LogP contribution in [0.1, 0.15) is 25.1 Å². The lowest BCUT2D eigenvalue weighted by molar-refractivity contribution is -0.142. The highest BCUT2D eigenvalue weighted by Gasteiger charge is 2.20. The van der Waals surface area contributed by atoms with E-state index in [9.17, 15) is 9.59 Å². The lowest BCUT2D eigenvalue weighted by atomic mass is 10.0. The quantitative estimate of drug-likeness (QED) is 0.816. The number of carbonyl (C=O) groups excluding carboxylic acids is 1. The van der Waals surface area contributed by atoms with Gasteiger partial charge in [0.05, 0.1) is 6.42 Å². The molecular formula is C12H17NO3S. The highest BCUT2D eigenvalue weighted by atomic mass is 32.1. The maximum absolute atomic E-state index is 11.6. The van der Waals surface area contributed by atoms with Crippen molar-refractivity contribution in [1.29, 1.82) is 0 Å². The van der Waals surface area contributed by atoms with Gasteiger partial charge in [-0.15, -0.1) is 11.3 Å². The molecule has 17 heavy (non-hydrogen) atoms. The van der Waals surface area contributed by atoms with Crippen molar-refractivity contribution in [2.45, 2.75) is 32.7 Å². The van der Waals surface area contributed by atoms with Gasteiger partial charge in [-0.1, -0.05) is 19.9 Å². The predicted molar refractivity (Wildman–Crippen MR) is 67.0 cm³/mol. The van der Waals surface area contributed by atoms with E-state index in [0.717, 1.165) is 4.88 Å². The van der Waals surface area contributed by atoms with Gasteiger partial charge in [-0.3, -0.25) is 4.79 Å². The second kappa shape index (κ2) is 6.39. The second-order valence-electron chi connectivity index (χ2n) is 4.34. The number of aliphatic carboxylic acids is 1. The van der Waals surface area contributed by atoms with Gasteiger partial charge < -0.3 is 10.4 Å². The van der Waals surface area contributed by atoms with Gasteiger partial charge in [-0.2, -0.15) is 0 Å². The molecule has 1 atom stereocenters. The molecule has 1 heterocycles. The Balaban J connectivity index is 2.49. The van der Waals surface area contributed by atoms with Gasteiger partial charge in [0.25, 0.3) is 0 Å². The van der Waals surface area contributed by atoms with Gasteiger partial charge in [0.2, 0.25) is 5.91 Å². The fourth-order valence-corrected chi connectivity index (χ4v) is 2.21. The highest BCUT2D eigenvalue weighted by Crippen LogP contribution is 2.10. The minimum atomic E-state index is -0.974. The van der Waals surface area contributed by atoms with E-state index in [2.05, 4.69) is 5.32 Å². The van der Waals surface area contributed by atoms with E-state index in [0.29, 0.717) is 6.42 Å². The smallest absolute Gasteiger partial charge is 0.326 e. The number of thiophene rings is 1. The molecule has 4 nitrogen and oxygen atoms in total. The molecule has 0 radical (unpaired) electrons. The molecule has 1 rings (SSSR count). The molecule has 0 aliphatic carbocycles. The normalized spacial score (nSPS) is 12.4. The molecule has 2 N–H and O–H groups in total. The van der Waals surface area contributed by atoms with Gasteiger partial charge >= 0.3 is 5.97 Å². The van der Waals surface area contributed by atoms with E-state index in [1.807, 2.05) is 31.4 Å². The summed E-state index contributed by atoms with van der Waals surface area (Å²) in [6.07, 6.45) is 0.699. The van der Waals surface area contributed by atoms with Crippen molar-refractivity contribution < 1.29 is 14.7 Å². The molecule has 0 aliphatic heterocycles. The first-order chi connectivity index (χ1) is 7.99. The van der Waals surface area contributed by atoms with Crippen LogP contribution in [0, 0.1) is 5.92 Å². The third kappa shape index (κ3) is 4.99. The number of carboxylic acid groups (broad SMARTS) is 1. The van der Waals surface area contributed by atoms with Gasteiger partial charge in [0.15, 0.2) is 0 Å². The van der Waals surface area contributed by atoms with Crippen LogP contribution in [0.15, 0.2) is 17.5 Å². The van der Waals surface area contributed by atoms with Crippen LogP contribution in [0.4, 0.5) is 0 Å². The van der Waals surface area contributed by atoms with Crippen molar-refractivity contribution in [1.82, 2.24) is 5.32 Å². The Morgan fingerprint density at radius 3 is 2.65 bits per heavy atom. The van der Waals surface area contributed by atoms with Gasteiger partial charge in [-0.05, 0) is 23.8 Å². The molecule has 0 fully saturated rings. The first kappa shape index (κ1) is 13.7. The number of nitrogens with one attached hydrogen (secondary N) is 1. The fourth-order valence-electron chi connectivity index (χ4n) is 1.51. The standard InChI is InChI=1S/C12H17NO3S/c1-8(2)6-10(12(15)16)13-11(14)7-9-4-3-5-17-9/h3-5,8,10H,6-7H2,1-2H3,(H,13,14)(H,15,16). The Bertz CT molecular complexity index is 373. The summed E-state index contributed by atoms with van der Waals surface area (Å²) < 4.78 is 0. The number of carboxylic acids is 1. The molecule has 1 aromatic heterocycles. The molecule has 0 aliphatic rings. The summed E-state index contributed by atoms with van der Waals surface area (Å²) >= 11 is 1.49. The van der Waals surface area contributed by atoms with E-state index >= 15 is 0 Å². The Hall–Kier alpha value is -1.36. The van der Waals surface area contributed by atoms with Gasteiger partial charge in [-0.25, -0.2) is 4.79 Å². The molecule has 0 bridgehead atoms. The summed E-state index contributed by atoms with van der Waals surface area (Å²) in [7, 11) is 0. The molecule has 0 saturated carbocycles. The zero-order valence-electron chi connectivity index (χ0n) is 9.97. The summed E-state index contributed by atoms with van der Waals surface area (Å²) in [5.41, 5.74) is 0. The lowest BCUT2D eigenvalue weighted by Gasteiger charge is -2.16. The van der Waals surface area contributed by atoms with Crippen molar-refractivity contribution in [3.05, 3.63) is 22.4 Å². The van der Waals surface area contributed by atoms with Crippen molar-refractivity contribution >= 4 is 23.2 Å². The minimum Gasteiger partial charge on any atom is -0.480 e. The van der Waals surface area contributed by atoms with E-state index in [1.54, 1.807) is 0 Å².